The van der Waals surface area contributed by atoms with Crippen molar-refractivity contribution in [3.63, 3.8) is 0 Å². The first-order valence-electron chi connectivity index (χ1n) is 6.51. The summed E-state index contributed by atoms with van der Waals surface area (Å²) < 4.78 is 1.88. The molecule has 7 nitrogen and oxygen atoms in total. The highest BCUT2D eigenvalue weighted by Crippen LogP contribution is 2.17. The standard InChI is InChI=1S/C11H21N7/c12-15-14-10-11-2-7-17(8-3-11)5-1-6-18-9-4-13-16-18/h4,9,11H,1-3,5-8,10H2,(H2,12,14). The largest absolute Gasteiger partial charge is 0.305 e. The van der Waals surface area contributed by atoms with E-state index in [1.165, 1.54) is 12.8 Å². The first-order valence-corrected chi connectivity index (χ1v) is 6.51. The van der Waals surface area contributed by atoms with Gasteiger partial charge in [-0.15, -0.1) is 5.10 Å². The fraction of sp³-hybridized carbons (Fsp3) is 0.818. The molecule has 0 atom stereocenters. The number of aryl methyl sites for hydroxylation is 1. The Morgan fingerprint density at radius 3 is 2.78 bits per heavy atom. The summed E-state index contributed by atoms with van der Waals surface area (Å²) in [6.45, 7) is 5.17. The predicted octanol–water partition coefficient (Wildman–Crippen LogP) is 0.706. The lowest BCUT2D eigenvalue weighted by atomic mass is 9.97. The summed E-state index contributed by atoms with van der Waals surface area (Å²) in [5.41, 5.74) is 0. The Labute approximate surface area is 107 Å². The minimum Gasteiger partial charge on any atom is -0.305 e. The Hall–Kier alpha value is -1.50. The lowest BCUT2D eigenvalue weighted by molar-refractivity contribution is 0.182. The molecule has 0 aliphatic carbocycles. The maximum Gasteiger partial charge on any atom is 0.0692 e. The van der Waals surface area contributed by atoms with Crippen molar-refractivity contribution in [3.05, 3.63) is 12.4 Å². The highest BCUT2D eigenvalue weighted by atomic mass is 15.4. The van der Waals surface area contributed by atoms with Gasteiger partial charge in [0, 0.05) is 12.7 Å². The van der Waals surface area contributed by atoms with Gasteiger partial charge >= 0.3 is 0 Å². The molecule has 1 aliphatic heterocycles. The molecule has 1 fully saturated rings. The number of nitrogens with two attached hydrogens (primary N) is 1. The Morgan fingerprint density at radius 2 is 2.11 bits per heavy atom. The maximum absolute atomic E-state index is 5.02. The second-order valence-electron chi connectivity index (χ2n) is 4.74. The fourth-order valence-corrected chi connectivity index (χ4v) is 2.36. The third-order valence-electron chi connectivity index (χ3n) is 3.46. The third kappa shape index (κ3) is 4.06. The van der Waals surface area contributed by atoms with Crippen LogP contribution in [0.1, 0.15) is 19.3 Å². The van der Waals surface area contributed by atoms with Gasteiger partial charge < -0.3 is 10.7 Å². The van der Waals surface area contributed by atoms with Gasteiger partial charge in [0.25, 0.3) is 0 Å². The van der Waals surface area contributed by atoms with Crippen molar-refractivity contribution >= 4 is 0 Å². The zero-order valence-corrected chi connectivity index (χ0v) is 10.6. The second kappa shape index (κ2) is 7.05. The van der Waals surface area contributed by atoms with Gasteiger partial charge in [-0.25, -0.2) is 0 Å². The number of hydrogen-bond donors (Lipinski definition) is 1. The average molecular weight is 251 g/mol. The van der Waals surface area contributed by atoms with E-state index in [2.05, 4.69) is 25.5 Å². The summed E-state index contributed by atoms with van der Waals surface area (Å²) in [4.78, 5) is 2.51. The van der Waals surface area contributed by atoms with E-state index in [4.69, 9.17) is 5.84 Å². The van der Waals surface area contributed by atoms with E-state index >= 15 is 0 Å². The average Bonchev–Trinajstić information content (AvgIpc) is 2.91. The van der Waals surface area contributed by atoms with Gasteiger partial charge in [-0.3, -0.25) is 4.68 Å². The summed E-state index contributed by atoms with van der Waals surface area (Å²) in [6.07, 6.45) is 7.14. The van der Waals surface area contributed by atoms with E-state index in [0.717, 1.165) is 39.1 Å². The molecule has 0 bridgehead atoms. The molecule has 100 valence electrons. The quantitative estimate of drug-likeness (QED) is 0.458. The molecule has 2 rings (SSSR count). The highest BCUT2D eigenvalue weighted by Gasteiger charge is 2.18. The second-order valence-corrected chi connectivity index (χ2v) is 4.74. The van der Waals surface area contributed by atoms with Crippen LogP contribution < -0.4 is 5.84 Å². The highest BCUT2D eigenvalue weighted by molar-refractivity contribution is 4.73. The van der Waals surface area contributed by atoms with Crippen LogP contribution in [0.5, 0.6) is 0 Å². The lowest BCUT2D eigenvalue weighted by Crippen LogP contribution is -2.35. The van der Waals surface area contributed by atoms with E-state index in [-0.39, 0.29) is 0 Å². The molecule has 1 aromatic heterocycles. The minimum atomic E-state index is 0.656. The molecule has 1 aromatic rings. The number of piperidine rings is 1. The molecule has 0 amide bonds. The predicted molar refractivity (Wildman–Crippen MR) is 67.7 cm³/mol. The maximum atomic E-state index is 5.02. The molecule has 0 spiro atoms. The Bertz CT molecular complexity index is 340. The normalized spacial score (nSPS) is 18.7. The van der Waals surface area contributed by atoms with Crippen LogP contribution in [0, 0.1) is 5.92 Å². The lowest BCUT2D eigenvalue weighted by Gasteiger charge is -2.30. The number of rotatable bonds is 6. The molecule has 2 N–H and O–H groups in total. The third-order valence-corrected chi connectivity index (χ3v) is 3.46. The van der Waals surface area contributed by atoms with Crippen molar-refractivity contribution in [1.29, 1.82) is 0 Å². The summed E-state index contributed by atoms with van der Waals surface area (Å²) in [5, 5.41) is 15.0. The molecule has 0 aromatic carbocycles. The molecule has 2 heterocycles. The number of likely N-dealkylation sites (tertiary alicyclic amines) is 1. The topological polar surface area (TPSA) is 84.7 Å². The van der Waals surface area contributed by atoms with Crippen LogP contribution in [-0.2, 0) is 6.54 Å². The smallest absolute Gasteiger partial charge is 0.0692 e. The van der Waals surface area contributed by atoms with Crippen LogP contribution in [-0.4, -0.2) is 46.1 Å². The number of nitrogens with zero attached hydrogens (tertiary/aromatic N) is 6. The van der Waals surface area contributed by atoms with Crippen LogP contribution in [0.25, 0.3) is 0 Å². The molecule has 0 saturated carbocycles. The van der Waals surface area contributed by atoms with Gasteiger partial charge in [0.05, 0.1) is 12.7 Å². The molecule has 1 aliphatic rings. The van der Waals surface area contributed by atoms with Crippen molar-refractivity contribution in [1.82, 2.24) is 19.9 Å². The summed E-state index contributed by atoms with van der Waals surface area (Å²) >= 11 is 0. The van der Waals surface area contributed by atoms with Crippen LogP contribution in [0.3, 0.4) is 0 Å². The Kier molecular flexibility index (Phi) is 5.07. The molecule has 0 radical (unpaired) electrons. The van der Waals surface area contributed by atoms with E-state index in [0.29, 0.717) is 5.92 Å². The molecule has 18 heavy (non-hydrogen) atoms. The van der Waals surface area contributed by atoms with Crippen LogP contribution >= 0.6 is 0 Å². The number of hydrogen-bond acceptors (Lipinski definition) is 5. The van der Waals surface area contributed by atoms with Crippen molar-refractivity contribution in [2.24, 2.45) is 22.1 Å². The summed E-state index contributed by atoms with van der Waals surface area (Å²) in [7, 11) is 0. The first-order chi connectivity index (χ1) is 8.88. The van der Waals surface area contributed by atoms with Gasteiger partial charge in [-0.1, -0.05) is 10.4 Å². The molecule has 0 unspecified atom stereocenters. The molecule has 1 saturated heterocycles. The van der Waals surface area contributed by atoms with E-state index in [1.807, 2.05) is 10.9 Å². The van der Waals surface area contributed by atoms with Gasteiger partial charge in [-0.2, -0.15) is 5.11 Å². The first kappa shape index (κ1) is 12.9. The van der Waals surface area contributed by atoms with E-state index in [9.17, 15) is 0 Å². The van der Waals surface area contributed by atoms with Crippen molar-refractivity contribution in [2.45, 2.75) is 25.8 Å². The SMILES string of the molecule is NN=NCC1CCN(CCCn2ccnn2)CC1. The molecular weight excluding hydrogens is 230 g/mol. The van der Waals surface area contributed by atoms with Crippen molar-refractivity contribution < 1.29 is 0 Å². The van der Waals surface area contributed by atoms with Crippen molar-refractivity contribution in [3.8, 4) is 0 Å². The van der Waals surface area contributed by atoms with Crippen LogP contribution in [0.15, 0.2) is 22.7 Å². The number of aromatic nitrogens is 3. The zero-order chi connectivity index (χ0) is 12.6. The fourth-order valence-electron chi connectivity index (χ4n) is 2.36. The van der Waals surface area contributed by atoms with Crippen molar-refractivity contribution in [2.75, 3.05) is 26.2 Å². The van der Waals surface area contributed by atoms with Gasteiger partial charge in [0.2, 0.25) is 0 Å². The Balaban J connectivity index is 1.59. The zero-order valence-electron chi connectivity index (χ0n) is 10.6. The van der Waals surface area contributed by atoms with Gasteiger partial charge in [0.1, 0.15) is 0 Å². The minimum absolute atomic E-state index is 0.656. The van der Waals surface area contributed by atoms with Gasteiger partial charge in [0.15, 0.2) is 0 Å². The summed E-state index contributed by atoms with van der Waals surface area (Å²) in [6, 6.07) is 0. The molecule has 7 heteroatoms. The Morgan fingerprint density at radius 1 is 1.28 bits per heavy atom. The van der Waals surface area contributed by atoms with E-state index < -0.39 is 0 Å². The molecular formula is C11H21N7. The monoisotopic (exact) mass is 251 g/mol. The van der Waals surface area contributed by atoms with Gasteiger partial charge in [-0.05, 0) is 44.8 Å². The van der Waals surface area contributed by atoms with Crippen LogP contribution in [0.2, 0.25) is 0 Å². The summed E-state index contributed by atoms with van der Waals surface area (Å²) in [5.74, 6) is 5.68. The van der Waals surface area contributed by atoms with E-state index in [1.54, 1.807) is 6.20 Å². The van der Waals surface area contributed by atoms with Crippen LogP contribution in [0.4, 0.5) is 0 Å².